The third-order valence-corrected chi connectivity index (χ3v) is 4.68. The highest BCUT2D eigenvalue weighted by Gasteiger charge is 2.25. The molecule has 2 rings (SSSR count). The number of carbonyl (C=O) groups excluding carboxylic acids is 2. The Labute approximate surface area is 157 Å². The number of halogens is 1. The van der Waals surface area contributed by atoms with Crippen molar-refractivity contribution in [3.05, 3.63) is 69.7 Å². The summed E-state index contributed by atoms with van der Waals surface area (Å²) in [4.78, 5) is 26.6. The molecule has 5 heteroatoms. The SMILES string of the molecule is CNC(=O)[C@H](C)N(Cc1ccc(Br)cc1)C(=O)Cc1ccc(C)cc1. The van der Waals surface area contributed by atoms with Gasteiger partial charge in [0.1, 0.15) is 6.04 Å². The number of likely N-dealkylation sites (N-methyl/N-ethyl adjacent to an activating group) is 1. The molecule has 0 bridgehead atoms. The predicted octanol–water partition coefficient (Wildman–Crippen LogP) is 3.46. The molecule has 1 N–H and O–H groups in total. The Bertz CT molecular complexity index is 726. The van der Waals surface area contributed by atoms with Crippen LogP contribution in [0.5, 0.6) is 0 Å². The highest BCUT2D eigenvalue weighted by Crippen LogP contribution is 2.15. The van der Waals surface area contributed by atoms with Crippen molar-refractivity contribution < 1.29 is 9.59 Å². The topological polar surface area (TPSA) is 49.4 Å². The van der Waals surface area contributed by atoms with E-state index in [1.807, 2.05) is 55.5 Å². The van der Waals surface area contributed by atoms with Crippen LogP contribution in [0.4, 0.5) is 0 Å². The van der Waals surface area contributed by atoms with Crippen molar-refractivity contribution in [1.82, 2.24) is 10.2 Å². The lowest BCUT2D eigenvalue weighted by molar-refractivity contribution is -0.139. The van der Waals surface area contributed by atoms with Gasteiger partial charge in [0, 0.05) is 18.1 Å². The van der Waals surface area contributed by atoms with Gasteiger partial charge in [0.05, 0.1) is 6.42 Å². The first-order valence-corrected chi connectivity index (χ1v) is 9.01. The molecule has 0 aliphatic rings. The van der Waals surface area contributed by atoms with Gasteiger partial charge < -0.3 is 10.2 Å². The fourth-order valence-electron chi connectivity index (χ4n) is 2.56. The van der Waals surface area contributed by atoms with Gasteiger partial charge in [0.2, 0.25) is 11.8 Å². The van der Waals surface area contributed by atoms with E-state index < -0.39 is 6.04 Å². The first kappa shape index (κ1) is 19.2. The molecular weight excluding hydrogens is 380 g/mol. The monoisotopic (exact) mass is 402 g/mol. The zero-order valence-electron chi connectivity index (χ0n) is 14.8. The molecule has 0 spiro atoms. The maximum absolute atomic E-state index is 12.9. The van der Waals surface area contributed by atoms with Gasteiger partial charge in [-0.15, -0.1) is 0 Å². The summed E-state index contributed by atoms with van der Waals surface area (Å²) in [6, 6.07) is 15.1. The van der Waals surface area contributed by atoms with E-state index in [1.54, 1.807) is 18.9 Å². The molecule has 0 aliphatic heterocycles. The largest absolute Gasteiger partial charge is 0.357 e. The fraction of sp³-hybridized carbons (Fsp3) is 0.300. The zero-order valence-corrected chi connectivity index (χ0v) is 16.3. The lowest BCUT2D eigenvalue weighted by atomic mass is 10.1. The van der Waals surface area contributed by atoms with E-state index in [2.05, 4.69) is 21.2 Å². The quantitative estimate of drug-likeness (QED) is 0.803. The molecule has 0 aromatic heterocycles. The number of aryl methyl sites for hydroxylation is 1. The second-order valence-corrected chi connectivity index (χ2v) is 7.02. The number of benzene rings is 2. The van der Waals surface area contributed by atoms with Crippen molar-refractivity contribution in [2.45, 2.75) is 32.9 Å². The van der Waals surface area contributed by atoms with E-state index in [9.17, 15) is 9.59 Å². The molecule has 0 fully saturated rings. The van der Waals surface area contributed by atoms with Crippen LogP contribution in [-0.2, 0) is 22.6 Å². The number of hydrogen-bond acceptors (Lipinski definition) is 2. The first-order chi connectivity index (χ1) is 11.9. The summed E-state index contributed by atoms with van der Waals surface area (Å²) in [5.41, 5.74) is 3.08. The maximum atomic E-state index is 12.9. The van der Waals surface area contributed by atoms with Crippen molar-refractivity contribution in [2.75, 3.05) is 7.05 Å². The Kier molecular flexibility index (Phi) is 6.76. The van der Waals surface area contributed by atoms with Gasteiger partial charge in [0.25, 0.3) is 0 Å². The van der Waals surface area contributed by atoms with E-state index >= 15 is 0 Å². The van der Waals surface area contributed by atoms with Crippen LogP contribution < -0.4 is 5.32 Å². The van der Waals surface area contributed by atoms with E-state index in [-0.39, 0.29) is 18.2 Å². The number of hydrogen-bond donors (Lipinski definition) is 1. The van der Waals surface area contributed by atoms with Crippen molar-refractivity contribution in [3.63, 3.8) is 0 Å². The molecule has 4 nitrogen and oxygen atoms in total. The minimum absolute atomic E-state index is 0.0668. The number of amides is 2. The summed E-state index contributed by atoms with van der Waals surface area (Å²) in [5.74, 6) is -0.239. The molecule has 0 saturated heterocycles. The Balaban J connectivity index is 2.20. The van der Waals surface area contributed by atoms with Crippen LogP contribution in [0.1, 0.15) is 23.6 Å². The lowest BCUT2D eigenvalue weighted by Crippen LogP contribution is -2.47. The van der Waals surface area contributed by atoms with Crippen LogP contribution in [0.25, 0.3) is 0 Å². The third kappa shape index (κ3) is 5.43. The van der Waals surface area contributed by atoms with Gasteiger partial charge in [-0.25, -0.2) is 0 Å². The van der Waals surface area contributed by atoms with Crippen LogP contribution in [0.3, 0.4) is 0 Å². The number of carbonyl (C=O) groups is 2. The van der Waals surface area contributed by atoms with Crippen LogP contribution in [-0.4, -0.2) is 29.8 Å². The third-order valence-electron chi connectivity index (χ3n) is 4.16. The second kappa shape index (κ2) is 8.81. The van der Waals surface area contributed by atoms with Gasteiger partial charge in [-0.05, 0) is 37.1 Å². The highest BCUT2D eigenvalue weighted by molar-refractivity contribution is 9.10. The van der Waals surface area contributed by atoms with Crippen molar-refractivity contribution in [3.8, 4) is 0 Å². The van der Waals surface area contributed by atoms with E-state index in [4.69, 9.17) is 0 Å². The van der Waals surface area contributed by atoms with Crippen molar-refractivity contribution in [1.29, 1.82) is 0 Å². The minimum Gasteiger partial charge on any atom is -0.357 e. The van der Waals surface area contributed by atoms with E-state index in [1.165, 1.54) is 0 Å². The molecule has 0 aliphatic carbocycles. The summed E-state index contributed by atoms with van der Waals surface area (Å²) in [6.45, 7) is 4.16. The summed E-state index contributed by atoms with van der Waals surface area (Å²) in [6.07, 6.45) is 0.276. The summed E-state index contributed by atoms with van der Waals surface area (Å²) >= 11 is 3.41. The van der Waals surface area contributed by atoms with E-state index in [0.717, 1.165) is 21.2 Å². The summed E-state index contributed by atoms with van der Waals surface area (Å²) in [7, 11) is 1.58. The van der Waals surface area contributed by atoms with Gasteiger partial charge in [-0.1, -0.05) is 57.9 Å². The minimum atomic E-state index is -0.536. The number of nitrogens with one attached hydrogen (secondary N) is 1. The van der Waals surface area contributed by atoms with E-state index in [0.29, 0.717) is 6.54 Å². The lowest BCUT2D eigenvalue weighted by Gasteiger charge is -2.28. The molecule has 1 atom stereocenters. The van der Waals surface area contributed by atoms with Crippen LogP contribution in [0.2, 0.25) is 0 Å². The Morgan fingerprint density at radius 1 is 1.04 bits per heavy atom. The van der Waals surface area contributed by atoms with Crippen LogP contribution in [0, 0.1) is 6.92 Å². The predicted molar refractivity (Wildman–Crippen MR) is 103 cm³/mol. The average Bonchev–Trinajstić information content (AvgIpc) is 2.61. The molecule has 0 heterocycles. The Morgan fingerprint density at radius 3 is 2.16 bits per heavy atom. The molecule has 2 aromatic rings. The highest BCUT2D eigenvalue weighted by atomic mass is 79.9. The van der Waals surface area contributed by atoms with Crippen molar-refractivity contribution in [2.24, 2.45) is 0 Å². The van der Waals surface area contributed by atoms with Gasteiger partial charge in [0.15, 0.2) is 0 Å². The molecule has 132 valence electrons. The molecule has 25 heavy (non-hydrogen) atoms. The summed E-state index contributed by atoms with van der Waals surface area (Å²) in [5, 5.41) is 2.63. The smallest absolute Gasteiger partial charge is 0.242 e. The molecule has 2 amide bonds. The molecular formula is C20H23BrN2O2. The van der Waals surface area contributed by atoms with Crippen LogP contribution >= 0.6 is 15.9 Å². The molecule has 2 aromatic carbocycles. The van der Waals surface area contributed by atoms with Crippen LogP contribution in [0.15, 0.2) is 53.0 Å². The standard InChI is InChI=1S/C20H23BrN2O2/c1-14-4-6-16(7-5-14)12-19(24)23(15(2)20(25)22-3)13-17-8-10-18(21)11-9-17/h4-11,15H,12-13H2,1-3H3,(H,22,25)/t15-/m0/s1. The molecule has 0 unspecified atom stereocenters. The average molecular weight is 403 g/mol. The molecule has 0 saturated carbocycles. The van der Waals surface area contributed by atoms with Gasteiger partial charge >= 0.3 is 0 Å². The fourth-order valence-corrected chi connectivity index (χ4v) is 2.82. The Hall–Kier alpha value is -2.14. The second-order valence-electron chi connectivity index (χ2n) is 6.10. The zero-order chi connectivity index (χ0) is 18.4. The molecule has 0 radical (unpaired) electrons. The number of nitrogens with zero attached hydrogens (tertiary/aromatic N) is 1. The Morgan fingerprint density at radius 2 is 1.60 bits per heavy atom. The van der Waals surface area contributed by atoms with Gasteiger partial charge in [-0.2, -0.15) is 0 Å². The maximum Gasteiger partial charge on any atom is 0.242 e. The summed E-state index contributed by atoms with van der Waals surface area (Å²) < 4.78 is 0.980. The normalized spacial score (nSPS) is 11.7. The van der Waals surface area contributed by atoms with Crippen molar-refractivity contribution >= 4 is 27.7 Å². The number of rotatable bonds is 6. The van der Waals surface area contributed by atoms with Gasteiger partial charge in [-0.3, -0.25) is 9.59 Å². The first-order valence-electron chi connectivity index (χ1n) is 8.21.